The summed E-state index contributed by atoms with van der Waals surface area (Å²) in [6.45, 7) is 6.41. The van der Waals surface area contributed by atoms with Crippen molar-refractivity contribution in [2.45, 2.75) is 26.7 Å². The maximum Gasteiger partial charge on any atom is 0.233 e. The molecule has 0 aliphatic rings. The van der Waals surface area contributed by atoms with Gasteiger partial charge in [0.2, 0.25) is 5.88 Å². The van der Waals surface area contributed by atoms with Crippen LogP contribution in [-0.2, 0) is 0 Å². The van der Waals surface area contributed by atoms with Crippen LogP contribution in [0.15, 0.2) is 55.0 Å². The maximum atomic E-state index is 13.2. The monoisotopic (exact) mass is 362 g/mol. The van der Waals surface area contributed by atoms with Crippen LogP contribution in [0, 0.1) is 12.7 Å². The summed E-state index contributed by atoms with van der Waals surface area (Å²) < 4.78 is 20.8. The minimum absolute atomic E-state index is 0.297. The number of halogens is 1. The Labute approximate surface area is 156 Å². The van der Waals surface area contributed by atoms with E-state index in [-0.39, 0.29) is 5.82 Å². The molecule has 0 unspecified atom stereocenters. The van der Waals surface area contributed by atoms with Gasteiger partial charge in [0.1, 0.15) is 23.3 Å². The molecule has 2 heterocycles. The highest BCUT2D eigenvalue weighted by Crippen LogP contribution is 2.30. The van der Waals surface area contributed by atoms with Gasteiger partial charge in [-0.25, -0.2) is 19.0 Å². The zero-order chi connectivity index (χ0) is 19.0. The van der Waals surface area contributed by atoms with Gasteiger partial charge in [-0.3, -0.25) is 0 Å². The number of hydrogen-bond donors (Lipinski definition) is 0. The number of aromatic nitrogens is 4. The van der Waals surface area contributed by atoms with Crippen LogP contribution in [0.2, 0.25) is 0 Å². The number of hydrogen-bond acceptors (Lipinski definition) is 4. The number of aryl methyl sites for hydroxylation is 1. The number of rotatable bonds is 4. The molecule has 0 bridgehead atoms. The fourth-order valence-corrected chi connectivity index (χ4v) is 3.15. The lowest BCUT2D eigenvalue weighted by Crippen LogP contribution is -1.98. The number of nitrogens with zero attached hydrogens (tertiary/aromatic N) is 4. The van der Waals surface area contributed by atoms with Crippen molar-refractivity contribution in [3.63, 3.8) is 0 Å². The zero-order valence-corrected chi connectivity index (χ0v) is 15.3. The smallest absolute Gasteiger partial charge is 0.233 e. The molecule has 4 aromatic rings. The van der Waals surface area contributed by atoms with Gasteiger partial charge in [0.15, 0.2) is 5.65 Å². The summed E-state index contributed by atoms with van der Waals surface area (Å²) in [7, 11) is 0. The van der Waals surface area contributed by atoms with Crippen molar-refractivity contribution in [1.29, 1.82) is 0 Å². The minimum Gasteiger partial charge on any atom is -0.438 e. The Kier molecular flexibility index (Phi) is 4.32. The molecule has 2 aromatic heterocycles. The van der Waals surface area contributed by atoms with E-state index in [0.29, 0.717) is 34.3 Å². The average Bonchev–Trinajstić information content (AvgIpc) is 3.07. The largest absolute Gasteiger partial charge is 0.438 e. The maximum absolute atomic E-state index is 13.2. The molecule has 6 heteroatoms. The highest BCUT2D eigenvalue weighted by atomic mass is 19.1. The Balaban J connectivity index is 1.71. The van der Waals surface area contributed by atoms with Crippen molar-refractivity contribution in [1.82, 2.24) is 19.7 Å². The van der Waals surface area contributed by atoms with Crippen molar-refractivity contribution in [3.8, 4) is 17.3 Å². The Morgan fingerprint density at radius 2 is 1.81 bits per heavy atom. The molecule has 136 valence electrons. The highest BCUT2D eigenvalue weighted by Gasteiger charge is 2.13. The van der Waals surface area contributed by atoms with Crippen molar-refractivity contribution in [3.05, 3.63) is 71.9 Å². The molecule has 0 aliphatic carbocycles. The lowest BCUT2D eigenvalue weighted by atomic mass is 9.98. The van der Waals surface area contributed by atoms with E-state index in [4.69, 9.17) is 4.74 Å². The van der Waals surface area contributed by atoms with Gasteiger partial charge in [-0.15, -0.1) is 0 Å². The molecule has 0 N–H and O–H groups in total. The standard InChI is InChI=1S/C21H19FN4O/c1-13(2)18-9-8-17(10-14(18)3)27-21-19-11-25-26(20(19)23-12-24-21)16-6-4-15(22)5-7-16/h4-13H,1-3H3. The van der Waals surface area contributed by atoms with Gasteiger partial charge in [0.05, 0.1) is 11.9 Å². The Bertz CT molecular complexity index is 1100. The summed E-state index contributed by atoms with van der Waals surface area (Å²) in [5, 5.41) is 5.05. The van der Waals surface area contributed by atoms with Gasteiger partial charge in [0, 0.05) is 0 Å². The molecule has 0 atom stereocenters. The predicted molar refractivity (Wildman–Crippen MR) is 102 cm³/mol. The molecule has 27 heavy (non-hydrogen) atoms. The fraction of sp³-hybridized carbons (Fsp3) is 0.190. The van der Waals surface area contributed by atoms with E-state index < -0.39 is 0 Å². The summed E-state index contributed by atoms with van der Waals surface area (Å²) >= 11 is 0. The molecular weight excluding hydrogens is 343 g/mol. The Morgan fingerprint density at radius 1 is 1.04 bits per heavy atom. The van der Waals surface area contributed by atoms with E-state index in [0.717, 1.165) is 0 Å². The first-order valence-electron chi connectivity index (χ1n) is 8.76. The molecule has 0 aliphatic heterocycles. The summed E-state index contributed by atoms with van der Waals surface area (Å²) in [5.41, 5.74) is 3.78. The lowest BCUT2D eigenvalue weighted by molar-refractivity contribution is 0.467. The van der Waals surface area contributed by atoms with Crippen molar-refractivity contribution in [2.75, 3.05) is 0 Å². The van der Waals surface area contributed by atoms with E-state index in [9.17, 15) is 4.39 Å². The summed E-state index contributed by atoms with van der Waals surface area (Å²) in [5.74, 6) is 1.31. The Hall–Kier alpha value is -3.28. The third-order valence-electron chi connectivity index (χ3n) is 4.48. The van der Waals surface area contributed by atoms with E-state index in [1.54, 1.807) is 23.0 Å². The van der Waals surface area contributed by atoms with Gasteiger partial charge in [-0.05, 0) is 60.4 Å². The van der Waals surface area contributed by atoms with Crippen LogP contribution in [0.4, 0.5) is 4.39 Å². The quantitative estimate of drug-likeness (QED) is 0.502. The first kappa shape index (κ1) is 17.1. The van der Waals surface area contributed by atoms with Crippen LogP contribution in [0.3, 0.4) is 0 Å². The minimum atomic E-state index is -0.297. The number of fused-ring (bicyclic) bond motifs is 1. The van der Waals surface area contributed by atoms with Gasteiger partial charge in [0.25, 0.3) is 0 Å². The molecule has 0 saturated heterocycles. The molecule has 5 nitrogen and oxygen atoms in total. The molecule has 0 spiro atoms. The second kappa shape index (κ2) is 6.79. The SMILES string of the molecule is Cc1cc(Oc2ncnc3c2cnn3-c2ccc(F)cc2)ccc1C(C)C. The summed E-state index contributed by atoms with van der Waals surface area (Å²) in [6, 6.07) is 12.1. The molecule has 2 aromatic carbocycles. The summed E-state index contributed by atoms with van der Waals surface area (Å²) in [6.07, 6.45) is 3.10. The summed E-state index contributed by atoms with van der Waals surface area (Å²) in [4.78, 5) is 8.58. The van der Waals surface area contributed by atoms with E-state index in [1.807, 2.05) is 12.1 Å². The molecular formula is C21H19FN4O. The van der Waals surface area contributed by atoms with E-state index in [2.05, 4.69) is 41.9 Å². The van der Waals surface area contributed by atoms with Gasteiger partial charge in [-0.1, -0.05) is 19.9 Å². The predicted octanol–water partition coefficient (Wildman–Crippen LogP) is 5.18. The Morgan fingerprint density at radius 3 is 2.52 bits per heavy atom. The van der Waals surface area contributed by atoms with Crippen LogP contribution >= 0.6 is 0 Å². The third kappa shape index (κ3) is 3.26. The zero-order valence-electron chi connectivity index (χ0n) is 15.3. The normalized spacial score (nSPS) is 11.3. The van der Waals surface area contributed by atoms with Crippen LogP contribution in [-0.4, -0.2) is 19.7 Å². The molecule has 0 radical (unpaired) electrons. The second-order valence-corrected chi connectivity index (χ2v) is 6.72. The van der Waals surface area contributed by atoms with Crippen LogP contribution < -0.4 is 4.74 Å². The number of benzene rings is 2. The third-order valence-corrected chi connectivity index (χ3v) is 4.48. The fourth-order valence-electron chi connectivity index (χ4n) is 3.15. The topological polar surface area (TPSA) is 52.8 Å². The second-order valence-electron chi connectivity index (χ2n) is 6.72. The first-order chi connectivity index (χ1) is 13.0. The molecule has 0 saturated carbocycles. The van der Waals surface area contributed by atoms with Crippen LogP contribution in [0.25, 0.3) is 16.7 Å². The highest BCUT2D eigenvalue weighted by molar-refractivity contribution is 5.81. The molecule has 0 fully saturated rings. The number of ether oxygens (including phenoxy) is 1. The van der Waals surface area contributed by atoms with Gasteiger partial charge < -0.3 is 4.74 Å². The van der Waals surface area contributed by atoms with Crippen LogP contribution in [0.1, 0.15) is 30.9 Å². The molecule has 0 amide bonds. The van der Waals surface area contributed by atoms with Gasteiger partial charge in [-0.2, -0.15) is 5.10 Å². The van der Waals surface area contributed by atoms with Gasteiger partial charge >= 0.3 is 0 Å². The average molecular weight is 362 g/mol. The molecule has 4 rings (SSSR count). The van der Waals surface area contributed by atoms with E-state index in [1.165, 1.54) is 29.6 Å². The first-order valence-corrected chi connectivity index (χ1v) is 8.76. The van der Waals surface area contributed by atoms with Crippen molar-refractivity contribution < 1.29 is 9.13 Å². The van der Waals surface area contributed by atoms with E-state index >= 15 is 0 Å². The van der Waals surface area contributed by atoms with Crippen molar-refractivity contribution >= 4 is 11.0 Å². The lowest BCUT2D eigenvalue weighted by Gasteiger charge is -2.12. The van der Waals surface area contributed by atoms with Crippen molar-refractivity contribution in [2.24, 2.45) is 0 Å². The van der Waals surface area contributed by atoms with Crippen LogP contribution in [0.5, 0.6) is 11.6 Å².